The summed E-state index contributed by atoms with van der Waals surface area (Å²) in [6.07, 6.45) is 3.49. The molecule has 0 unspecified atom stereocenters. The topological polar surface area (TPSA) is 73.9 Å². The predicted molar refractivity (Wildman–Crippen MR) is 92.0 cm³/mol. The fraction of sp³-hybridized carbons (Fsp3) is 0.556. The highest BCUT2D eigenvalue weighted by Gasteiger charge is 2.27. The van der Waals surface area contributed by atoms with Gasteiger partial charge in [-0.3, -0.25) is 4.79 Å². The predicted octanol–water partition coefficient (Wildman–Crippen LogP) is 3.31. The van der Waals surface area contributed by atoms with Crippen LogP contribution < -0.4 is 14.8 Å². The average molecular weight is 368 g/mol. The summed E-state index contributed by atoms with van der Waals surface area (Å²) >= 11 is 6.07. The minimum absolute atomic E-state index is 0.0614. The van der Waals surface area contributed by atoms with Crippen LogP contribution in [0.2, 0.25) is 5.02 Å². The van der Waals surface area contributed by atoms with Gasteiger partial charge in [0.15, 0.2) is 17.6 Å². The molecular formula is C18H22ClNO5. The molecular weight excluding hydrogens is 346 g/mol. The van der Waals surface area contributed by atoms with Gasteiger partial charge in [-0.15, -0.1) is 0 Å². The van der Waals surface area contributed by atoms with Crippen LogP contribution in [-0.4, -0.2) is 30.8 Å². The number of carbonyl (C=O) groups is 2. The van der Waals surface area contributed by atoms with Crippen LogP contribution in [0.25, 0.3) is 0 Å². The van der Waals surface area contributed by atoms with Gasteiger partial charge in [0.1, 0.15) is 0 Å². The van der Waals surface area contributed by atoms with Crippen molar-refractivity contribution in [1.82, 2.24) is 5.32 Å². The van der Waals surface area contributed by atoms with E-state index in [4.69, 9.17) is 25.8 Å². The third-order valence-corrected chi connectivity index (χ3v) is 5.04. The number of rotatable bonds is 4. The Labute approximate surface area is 151 Å². The Balaban J connectivity index is 1.60. The molecule has 1 amide bonds. The van der Waals surface area contributed by atoms with E-state index in [0.717, 1.165) is 19.3 Å². The molecule has 1 saturated carbocycles. The summed E-state index contributed by atoms with van der Waals surface area (Å²) in [5.74, 6) is 0.342. The molecule has 3 rings (SSSR count). The maximum Gasteiger partial charge on any atom is 0.339 e. The first-order valence-electron chi connectivity index (χ1n) is 8.56. The first-order chi connectivity index (χ1) is 12.0. The second-order valence-corrected chi connectivity index (χ2v) is 7.02. The molecule has 1 N–H and O–H groups in total. The minimum Gasteiger partial charge on any atom is -0.454 e. The van der Waals surface area contributed by atoms with Crippen molar-refractivity contribution < 1.29 is 23.8 Å². The van der Waals surface area contributed by atoms with Crippen molar-refractivity contribution in [2.75, 3.05) is 6.79 Å². The SMILES string of the molecule is C[C@H](OC(=O)c1cc(Cl)c2c(c1)OCO2)C(=O)N[C@H]1CCCC[C@H]1C. The van der Waals surface area contributed by atoms with Gasteiger partial charge in [0.25, 0.3) is 5.91 Å². The monoisotopic (exact) mass is 367 g/mol. The van der Waals surface area contributed by atoms with E-state index in [9.17, 15) is 9.59 Å². The normalized spacial score (nSPS) is 23.0. The third kappa shape index (κ3) is 4.00. The van der Waals surface area contributed by atoms with Gasteiger partial charge in [0, 0.05) is 6.04 Å². The summed E-state index contributed by atoms with van der Waals surface area (Å²) in [5.41, 5.74) is 0.222. The summed E-state index contributed by atoms with van der Waals surface area (Å²) in [5, 5.41) is 3.26. The fourth-order valence-electron chi connectivity index (χ4n) is 3.20. The summed E-state index contributed by atoms with van der Waals surface area (Å²) in [7, 11) is 0. The number of ether oxygens (including phenoxy) is 3. The molecule has 3 atom stereocenters. The van der Waals surface area contributed by atoms with Crippen molar-refractivity contribution in [2.24, 2.45) is 5.92 Å². The van der Waals surface area contributed by atoms with E-state index in [2.05, 4.69) is 12.2 Å². The largest absolute Gasteiger partial charge is 0.454 e. The van der Waals surface area contributed by atoms with Gasteiger partial charge < -0.3 is 19.5 Å². The lowest BCUT2D eigenvalue weighted by Gasteiger charge is -2.30. The number of fused-ring (bicyclic) bond motifs is 1. The van der Waals surface area contributed by atoms with Crippen LogP contribution in [0, 0.1) is 5.92 Å². The van der Waals surface area contributed by atoms with Crippen LogP contribution in [0.1, 0.15) is 49.9 Å². The number of benzene rings is 1. The van der Waals surface area contributed by atoms with Crippen LogP contribution >= 0.6 is 11.6 Å². The van der Waals surface area contributed by atoms with E-state index in [-0.39, 0.29) is 29.3 Å². The standard InChI is InChI=1S/C18H22ClNO5/c1-10-5-3-4-6-14(10)20-17(21)11(2)25-18(22)12-7-13(19)16-15(8-12)23-9-24-16/h7-8,10-11,14H,3-6,9H2,1-2H3,(H,20,21)/t10-,11+,14+/m1/s1. The number of hydrogen-bond donors (Lipinski definition) is 1. The molecule has 1 aliphatic carbocycles. The van der Waals surface area contributed by atoms with Gasteiger partial charge in [0.2, 0.25) is 6.79 Å². The van der Waals surface area contributed by atoms with Crippen LogP contribution in [0.4, 0.5) is 0 Å². The maximum absolute atomic E-state index is 12.3. The number of nitrogens with one attached hydrogen (secondary N) is 1. The highest BCUT2D eigenvalue weighted by atomic mass is 35.5. The molecule has 6 nitrogen and oxygen atoms in total. The van der Waals surface area contributed by atoms with E-state index in [0.29, 0.717) is 17.4 Å². The first-order valence-corrected chi connectivity index (χ1v) is 8.94. The molecule has 25 heavy (non-hydrogen) atoms. The molecule has 0 aromatic heterocycles. The maximum atomic E-state index is 12.3. The second-order valence-electron chi connectivity index (χ2n) is 6.62. The van der Waals surface area contributed by atoms with E-state index in [1.807, 2.05) is 0 Å². The fourth-order valence-corrected chi connectivity index (χ4v) is 3.46. The van der Waals surface area contributed by atoms with Crippen LogP contribution in [-0.2, 0) is 9.53 Å². The molecule has 1 fully saturated rings. The van der Waals surface area contributed by atoms with E-state index in [1.54, 1.807) is 6.92 Å². The van der Waals surface area contributed by atoms with Gasteiger partial charge in [-0.2, -0.15) is 0 Å². The third-order valence-electron chi connectivity index (χ3n) is 4.76. The van der Waals surface area contributed by atoms with Crippen LogP contribution in [0.3, 0.4) is 0 Å². The molecule has 2 aliphatic rings. The van der Waals surface area contributed by atoms with Gasteiger partial charge in [-0.1, -0.05) is 31.4 Å². The second kappa shape index (κ2) is 7.52. The summed E-state index contributed by atoms with van der Waals surface area (Å²) in [6.45, 7) is 3.76. The first kappa shape index (κ1) is 17.9. The molecule has 0 bridgehead atoms. The Morgan fingerprint density at radius 2 is 2.04 bits per heavy atom. The molecule has 7 heteroatoms. The molecule has 1 heterocycles. The number of esters is 1. The van der Waals surface area contributed by atoms with Crippen LogP contribution in [0.15, 0.2) is 12.1 Å². The molecule has 0 spiro atoms. The Bertz CT molecular complexity index is 678. The highest BCUT2D eigenvalue weighted by Crippen LogP contribution is 2.40. The van der Waals surface area contributed by atoms with Crippen molar-refractivity contribution in [3.05, 3.63) is 22.7 Å². The number of halogens is 1. The Morgan fingerprint density at radius 1 is 1.28 bits per heavy atom. The lowest BCUT2D eigenvalue weighted by atomic mass is 9.86. The van der Waals surface area contributed by atoms with Gasteiger partial charge in [-0.05, 0) is 37.8 Å². The number of hydrogen-bond acceptors (Lipinski definition) is 5. The molecule has 1 aliphatic heterocycles. The minimum atomic E-state index is -0.883. The quantitative estimate of drug-likeness (QED) is 0.826. The highest BCUT2D eigenvalue weighted by molar-refractivity contribution is 6.32. The Hall–Kier alpha value is -1.95. The lowest BCUT2D eigenvalue weighted by Crippen LogP contribution is -2.45. The lowest BCUT2D eigenvalue weighted by molar-refractivity contribution is -0.130. The van der Waals surface area contributed by atoms with Gasteiger partial charge >= 0.3 is 5.97 Å². The summed E-state index contributed by atoms with van der Waals surface area (Å²) < 4.78 is 15.7. The van der Waals surface area contributed by atoms with E-state index in [1.165, 1.54) is 18.6 Å². The molecule has 136 valence electrons. The Kier molecular flexibility index (Phi) is 5.37. The number of amides is 1. The van der Waals surface area contributed by atoms with Gasteiger partial charge in [0.05, 0.1) is 10.6 Å². The van der Waals surface area contributed by atoms with Crippen molar-refractivity contribution in [1.29, 1.82) is 0 Å². The number of carbonyl (C=O) groups excluding carboxylic acids is 2. The van der Waals surface area contributed by atoms with Crippen molar-refractivity contribution in [3.63, 3.8) is 0 Å². The zero-order chi connectivity index (χ0) is 18.0. The Morgan fingerprint density at radius 3 is 2.80 bits per heavy atom. The van der Waals surface area contributed by atoms with Crippen molar-refractivity contribution >= 4 is 23.5 Å². The zero-order valence-electron chi connectivity index (χ0n) is 14.3. The average Bonchev–Trinajstić information content (AvgIpc) is 3.06. The smallest absolute Gasteiger partial charge is 0.339 e. The van der Waals surface area contributed by atoms with Gasteiger partial charge in [-0.25, -0.2) is 4.79 Å². The van der Waals surface area contributed by atoms with E-state index >= 15 is 0 Å². The zero-order valence-corrected chi connectivity index (χ0v) is 15.1. The van der Waals surface area contributed by atoms with Crippen molar-refractivity contribution in [3.8, 4) is 11.5 Å². The summed E-state index contributed by atoms with van der Waals surface area (Å²) in [6, 6.07) is 3.10. The van der Waals surface area contributed by atoms with Crippen molar-refractivity contribution in [2.45, 2.75) is 51.7 Å². The molecule has 0 radical (unpaired) electrons. The van der Waals surface area contributed by atoms with E-state index < -0.39 is 12.1 Å². The molecule has 0 saturated heterocycles. The summed E-state index contributed by atoms with van der Waals surface area (Å²) in [4.78, 5) is 24.6. The molecule has 1 aromatic carbocycles. The molecule has 1 aromatic rings. The van der Waals surface area contributed by atoms with Crippen LogP contribution in [0.5, 0.6) is 11.5 Å².